The molecule has 1 saturated heterocycles. The van der Waals surface area contributed by atoms with Crippen molar-refractivity contribution in [3.63, 3.8) is 0 Å². The number of hydrogen-bond donors (Lipinski definition) is 1. The van der Waals surface area contributed by atoms with Crippen molar-refractivity contribution in [2.75, 3.05) is 12.3 Å². The highest BCUT2D eigenvalue weighted by Crippen LogP contribution is 2.21. The fourth-order valence-corrected chi connectivity index (χ4v) is 3.19. The first-order valence-corrected chi connectivity index (χ1v) is 7.24. The second-order valence-corrected chi connectivity index (χ2v) is 6.22. The first-order chi connectivity index (χ1) is 8.57. The molecule has 0 spiro atoms. The average Bonchev–Trinajstić information content (AvgIpc) is 2.30. The first-order valence-electron chi connectivity index (χ1n) is 6.26. The maximum Gasteiger partial charge on any atom is 0.156 e. The minimum Gasteiger partial charge on any atom is -0.360 e. The number of amidine groups is 1. The molecular formula is C14H19FN2S. The summed E-state index contributed by atoms with van der Waals surface area (Å²) in [6.45, 7) is 4.99. The van der Waals surface area contributed by atoms with E-state index in [-0.39, 0.29) is 11.4 Å². The maximum atomic E-state index is 13.4. The molecule has 4 heteroatoms. The van der Waals surface area contributed by atoms with Crippen molar-refractivity contribution in [2.24, 2.45) is 4.99 Å². The first kappa shape index (κ1) is 13.4. The molecular weight excluding hydrogens is 247 g/mol. The predicted molar refractivity (Wildman–Crippen MR) is 76.7 cm³/mol. The number of halogens is 1. The monoisotopic (exact) mass is 266 g/mol. The van der Waals surface area contributed by atoms with Crippen molar-refractivity contribution in [3.05, 3.63) is 35.6 Å². The van der Waals surface area contributed by atoms with Gasteiger partial charge in [-0.25, -0.2) is 4.39 Å². The molecule has 0 saturated carbocycles. The van der Waals surface area contributed by atoms with E-state index >= 15 is 0 Å². The van der Waals surface area contributed by atoms with Crippen LogP contribution in [0.5, 0.6) is 0 Å². The lowest BCUT2D eigenvalue weighted by Gasteiger charge is -2.32. The number of hydrogen-bond acceptors (Lipinski definition) is 2. The normalized spacial score (nSPS) is 20.7. The summed E-state index contributed by atoms with van der Waals surface area (Å²) in [4.78, 5) is 4.52. The molecule has 0 atom stereocenters. The Morgan fingerprint density at radius 1 is 1.39 bits per heavy atom. The average molecular weight is 266 g/mol. The molecule has 1 fully saturated rings. The molecule has 18 heavy (non-hydrogen) atoms. The highest BCUT2D eigenvalue weighted by atomic mass is 32.2. The van der Waals surface area contributed by atoms with E-state index < -0.39 is 0 Å². The van der Waals surface area contributed by atoms with Crippen LogP contribution in [0.1, 0.15) is 25.8 Å². The topological polar surface area (TPSA) is 24.4 Å². The van der Waals surface area contributed by atoms with Crippen LogP contribution in [-0.2, 0) is 6.42 Å². The van der Waals surface area contributed by atoms with Gasteiger partial charge >= 0.3 is 0 Å². The predicted octanol–water partition coefficient (Wildman–Crippen LogP) is 3.23. The second kappa shape index (κ2) is 5.74. The lowest BCUT2D eigenvalue weighted by Crippen LogP contribution is -2.46. The van der Waals surface area contributed by atoms with Crippen LogP contribution in [0.3, 0.4) is 0 Å². The van der Waals surface area contributed by atoms with E-state index in [2.05, 4.69) is 24.2 Å². The van der Waals surface area contributed by atoms with Gasteiger partial charge in [0, 0.05) is 17.8 Å². The van der Waals surface area contributed by atoms with Gasteiger partial charge in [-0.15, -0.1) is 0 Å². The lowest BCUT2D eigenvalue weighted by atomic mass is 10.0. The highest BCUT2D eigenvalue weighted by Gasteiger charge is 2.23. The Bertz CT molecular complexity index is 443. The van der Waals surface area contributed by atoms with Crippen molar-refractivity contribution in [2.45, 2.75) is 32.2 Å². The smallest absolute Gasteiger partial charge is 0.156 e. The Labute approximate surface area is 112 Å². The van der Waals surface area contributed by atoms with Crippen molar-refractivity contribution in [1.82, 2.24) is 5.32 Å². The summed E-state index contributed by atoms with van der Waals surface area (Å²) in [6, 6.07) is 6.90. The van der Waals surface area contributed by atoms with Gasteiger partial charge in [0.1, 0.15) is 5.82 Å². The van der Waals surface area contributed by atoms with Crippen LogP contribution in [0, 0.1) is 5.82 Å². The molecule has 0 aromatic heterocycles. The number of aliphatic imine (C=N–C) groups is 1. The summed E-state index contributed by atoms with van der Waals surface area (Å²) in [5.41, 5.74) is 0.865. The minimum atomic E-state index is -0.137. The maximum absolute atomic E-state index is 13.4. The Morgan fingerprint density at radius 3 is 2.89 bits per heavy atom. The largest absolute Gasteiger partial charge is 0.360 e. The van der Waals surface area contributed by atoms with E-state index in [1.54, 1.807) is 17.8 Å². The molecule has 98 valence electrons. The van der Waals surface area contributed by atoms with E-state index in [1.165, 1.54) is 6.07 Å². The quantitative estimate of drug-likeness (QED) is 0.908. The molecule has 1 aromatic carbocycles. The molecule has 2 nitrogen and oxygen atoms in total. The van der Waals surface area contributed by atoms with E-state index in [1.807, 2.05) is 12.1 Å². The van der Waals surface area contributed by atoms with Gasteiger partial charge in [-0.1, -0.05) is 30.0 Å². The minimum absolute atomic E-state index is 0.127. The van der Waals surface area contributed by atoms with Crippen molar-refractivity contribution < 1.29 is 4.39 Å². The lowest BCUT2D eigenvalue weighted by molar-refractivity contribution is 0.446. The van der Waals surface area contributed by atoms with Crippen LogP contribution in [0.25, 0.3) is 0 Å². The molecule has 1 N–H and O–H groups in total. The van der Waals surface area contributed by atoms with E-state index in [0.717, 1.165) is 22.9 Å². The van der Waals surface area contributed by atoms with Crippen LogP contribution < -0.4 is 5.32 Å². The van der Waals surface area contributed by atoms with Gasteiger partial charge in [-0.3, -0.25) is 4.99 Å². The van der Waals surface area contributed by atoms with Crippen molar-refractivity contribution in [1.29, 1.82) is 0 Å². The van der Waals surface area contributed by atoms with Crippen molar-refractivity contribution in [3.8, 4) is 0 Å². The fourth-order valence-electron chi connectivity index (χ4n) is 1.86. The molecule has 0 bridgehead atoms. The number of benzene rings is 1. The van der Waals surface area contributed by atoms with Crippen LogP contribution in [0.2, 0.25) is 0 Å². The zero-order chi connectivity index (χ0) is 13.0. The summed E-state index contributed by atoms with van der Waals surface area (Å²) < 4.78 is 13.4. The van der Waals surface area contributed by atoms with E-state index in [4.69, 9.17) is 0 Å². The van der Waals surface area contributed by atoms with Crippen LogP contribution in [0.15, 0.2) is 29.3 Å². The Balaban J connectivity index is 1.90. The highest BCUT2D eigenvalue weighted by molar-refractivity contribution is 8.13. The van der Waals surface area contributed by atoms with Gasteiger partial charge in [0.15, 0.2) is 5.17 Å². The molecule has 0 aliphatic carbocycles. The van der Waals surface area contributed by atoms with Crippen molar-refractivity contribution >= 4 is 16.9 Å². The molecule has 1 aliphatic rings. The third-order valence-electron chi connectivity index (χ3n) is 3.01. The molecule has 2 rings (SSSR count). The zero-order valence-corrected chi connectivity index (χ0v) is 11.7. The van der Waals surface area contributed by atoms with E-state index in [0.29, 0.717) is 13.0 Å². The molecule has 0 radical (unpaired) electrons. The summed E-state index contributed by atoms with van der Waals surface area (Å²) in [6.07, 6.45) is 1.79. The van der Waals surface area contributed by atoms with Gasteiger partial charge in [-0.05, 0) is 38.3 Å². The van der Waals surface area contributed by atoms with Crippen LogP contribution in [0.4, 0.5) is 4.39 Å². The standard InChI is InChI=1S/C14H19FN2S/c1-14(2)8-10-18-13(17-14)16-9-7-11-5-3-4-6-12(11)15/h3-6H,7-10H2,1-2H3,(H,16,17). The molecule has 1 heterocycles. The third kappa shape index (κ3) is 3.73. The van der Waals surface area contributed by atoms with Gasteiger partial charge in [0.05, 0.1) is 0 Å². The molecule has 1 aromatic rings. The summed E-state index contributed by atoms with van der Waals surface area (Å²) in [5, 5.41) is 4.40. The fraction of sp³-hybridized carbons (Fsp3) is 0.500. The van der Waals surface area contributed by atoms with Gasteiger partial charge in [0.25, 0.3) is 0 Å². The van der Waals surface area contributed by atoms with Crippen LogP contribution in [-0.4, -0.2) is 23.0 Å². The van der Waals surface area contributed by atoms with Gasteiger partial charge in [0.2, 0.25) is 0 Å². The molecule has 0 unspecified atom stereocenters. The zero-order valence-electron chi connectivity index (χ0n) is 10.9. The number of thioether (sulfide) groups is 1. The number of nitrogens with one attached hydrogen (secondary N) is 1. The second-order valence-electron chi connectivity index (χ2n) is 5.14. The molecule has 1 aliphatic heterocycles. The third-order valence-corrected chi connectivity index (χ3v) is 3.92. The summed E-state index contributed by atoms with van der Waals surface area (Å²) in [5.74, 6) is 0.959. The Kier molecular flexibility index (Phi) is 4.27. The Hall–Kier alpha value is -1.03. The summed E-state index contributed by atoms with van der Waals surface area (Å²) >= 11 is 1.75. The number of nitrogens with zero attached hydrogens (tertiary/aromatic N) is 1. The number of rotatable bonds is 3. The van der Waals surface area contributed by atoms with Crippen LogP contribution >= 0.6 is 11.8 Å². The van der Waals surface area contributed by atoms with Gasteiger partial charge < -0.3 is 5.32 Å². The SMILES string of the molecule is CC1(C)CCSC(=NCCc2ccccc2F)N1. The Morgan fingerprint density at radius 2 is 2.17 bits per heavy atom. The molecule has 0 amide bonds. The summed E-state index contributed by atoms with van der Waals surface area (Å²) in [7, 11) is 0. The van der Waals surface area contributed by atoms with E-state index in [9.17, 15) is 4.39 Å². The van der Waals surface area contributed by atoms with Gasteiger partial charge in [-0.2, -0.15) is 0 Å².